The van der Waals surface area contributed by atoms with E-state index in [0.717, 1.165) is 18.8 Å². The molecule has 0 amide bonds. The Morgan fingerprint density at radius 2 is 2.15 bits per heavy atom. The Morgan fingerprint density at radius 3 is 3.00 bits per heavy atom. The molecule has 4 heteroatoms. The van der Waals surface area contributed by atoms with Crippen LogP contribution < -0.4 is 10.1 Å². The Morgan fingerprint density at radius 1 is 1.20 bits per heavy atom. The van der Waals surface area contributed by atoms with Gasteiger partial charge < -0.3 is 10.1 Å². The average Bonchev–Trinajstić information content (AvgIpc) is 3.13. The average molecular weight is 301 g/mol. The first-order chi connectivity index (χ1) is 9.85. The summed E-state index contributed by atoms with van der Waals surface area (Å²) in [5.41, 5.74) is 2.66. The van der Waals surface area contributed by atoms with E-state index in [1.54, 1.807) is 0 Å². The maximum absolute atomic E-state index is 5.59. The highest BCUT2D eigenvalue weighted by Crippen LogP contribution is 2.37. The van der Waals surface area contributed by atoms with Crippen molar-refractivity contribution in [1.29, 1.82) is 0 Å². The van der Waals surface area contributed by atoms with Crippen LogP contribution in [0.5, 0.6) is 5.75 Å². The third-order valence-electron chi connectivity index (χ3n) is 3.78. The summed E-state index contributed by atoms with van der Waals surface area (Å²) in [5.74, 6) is 1.05. The Kier molecular flexibility index (Phi) is 3.02. The van der Waals surface area contributed by atoms with Crippen LogP contribution in [0.4, 0.5) is 0 Å². The first-order valence-electron chi connectivity index (χ1n) is 6.75. The number of benzene rings is 1. The van der Waals surface area contributed by atoms with E-state index in [1.807, 2.05) is 29.7 Å². The molecule has 1 aromatic carbocycles. The minimum absolute atomic E-state index is 0.269. The molecule has 0 fully saturated rings. The van der Waals surface area contributed by atoms with Crippen LogP contribution in [0.25, 0.3) is 9.40 Å². The monoisotopic (exact) mass is 301 g/mol. The van der Waals surface area contributed by atoms with Gasteiger partial charge in [-0.15, -0.1) is 22.7 Å². The lowest BCUT2D eigenvalue weighted by Crippen LogP contribution is -2.16. The number of nitrogens with one attached hydrogen (secondary N) is 1. The van der Waals surface area contributed by atoms with Crippen LogP contribution in [0, 0.1) is 0 Å². The van der Waals surface area contributed by atoms with Crippen molar-refractivity contribution in [2.24, 2.45) is 0 Å². The van der Waals surface area contributed by atoms with E-state index in [9.17, 15) is 0 Å². The van der Waals surface area contributed by atoms with E-state index in [1.165, 1.54) is 25.4 Å². The summed E-state index contributed by atoms with van der Waals surface area (Å²) in [6, 6.07) is 11.4. The molecule has 0 bridgehead atoms. The lowest BCUT2D eigenvalue weighted by Gasteiger charge is -2.16. The minimum atomic E-state index is 0.269. The summed E-state index contributed by atoms with van der Waals surface area (Å²) in [4.78, 5) is 1.38. The predicted molar refractivity (Wildman–Crippen MR) is 86.2 cm³/mol. The fraction of sp³-hybridized carbons (Fsp3) is 0.250. The van der Waals surface area contributed by atoms with Gasteiger partial charge in [-0.3, -0.25) is 0 Å². The molecule has 0 saturated heterocycles. The summed E-state index contributed by atoms with van der Waals surface area (Å²) in [6.45, 7) is 0.817. The normalized spacial score (nSPS) is 15.2. The van der Waals surface area contributed by atoms with E-state index in [0.29, 0.717) is 0 Å². The van der Waals surface area contributed by atoms with Gasteiger partial charge in [-0.05, 0) is 41.8 Å². The van der Waals surface area contributed by atoms with Gasteiger partial charge in [-0.1, -0.05) is 12.1 Å². The van der Waals surface area contributed by atoms with Crippen LogP contribution in [0.15, 0.2) is 35.7 Å². The summed E-state index contributed by atoms with van der Waals surface area (Å²) in [6.07, 6.45) is 1.03. The Balaban J connectivity index is 1.75. The number of hydrogen-bond acceptors (Lipinski definition) is 4. The van der Waals surface area contributed by atoms with Crippen LogP contribution in [-0.4, -0.2) is 13.7 Å². The smallest absolute Gasteiger partial charge is 0.122 e. The zero-order valence-corrected chi connectivity index (χ0v) is 12.8. The van der Waals surface area contributed by atoms with Crippen molar-refractivity contribution >= 4 is 32.1 Å². The van der Waals surface area contributed by atoms with Crippen molar-refractivity contribution in [2.45, 2.75) is 12.5 Å². The molecule has 0 spiro atoms. The van der Waals surface area contributed by atoms with Crippen molar-refractivity contribution in [3.63, 3.8) is 0 Å². The fourth-order valence-electron chi connectivity index (χ4n) is 2.79. The van der Waals surface area contributed by atoms with Crippen molar-refractivity contribution in [3.05, 3.63) is 51.7 Å². The van der Waals surface area contributed by atoms with Crippen LogP contribution in [0.3, 0.4) is 0 Å². The maximum atomic E-state index is 5.59. The van der Waals surface area contributed by atoms with Gasteiger partial charge in [-0.25, -0.2) is 0 Å². The molecule has 1 unspecified atom stereocenters. The zero-order chi connectivity index (χ0) is 13.5. The van der Waals surface area contributed by atoms with E-state index >= 15 is 0 Å². The molecule has 2 nitrogen and oxygen atoms in total. The van der Waals surface area contributed by atoms with Crippen LogP contribution >= 0.6 is 22.7 Å². The summed E-state index contributed by atoms with van der Waals surface area (Å²) in [5, 5.41) is 5.61. The topological polar surface area (TPSA) is 21.3 Å². The largest absolute Gasteiger partial charge is 0.493 e. The Hall–Kier alpha value is -1.36. The number of hydrogen-bond donors (Lipinski definition) is 1. The predicted octanol–water partition coefficient (Wildman–Crippen LogP) is 4.21. The molecule has 3 aromatic rings. The van der Waals surface area contributed by atoms with Gasteiger partial charge in [-0.2, -0.15) is 0 Å². The molecule has 3 heterocycles. The second-order valence-corrected chi connectivity index (χ2v) is 7.05. The highest BCUT2D eigenvalue weighted by molar-refractivity contribution is 7.27. The van der Waals surface area contributed by atoms with Crippen molar-refractivity contribution in [3.8, 4) is 5.75 Å². The third-order valence-corrected chi connectivity index (χ3v) is 5.94. The standard InChI is InChI=1S/C16H15NOS2/c1-17-16(15-9-14-13(20-15)5-7-19-14)11-2-3-12-10(8-11)4-6-18-12/h2-3,5,7-9,16-17H,4,6H2,1H3. The number of fused-ring (bicyclic) bond motifs is 2. The molecule has 102 valence electrons. The first kappa shape index (κ1) is 12.4. The fourth-order valence-corrected chi connectivity index (χ4v) is 5.04. The van der Waals surface area contributed by atoms with Crippen molar-refractivity contribution in [2.75, 3.05) is 13.7 Å². The number of rotatable bonds is 3. The molecular formula is C16H15NOS2. The van der Waals surface area contributed by atoms with Crippen LogP contribution in [0.1, 0.15) is 22.0 Å². The molecule has 1 aliphatic heterocycles. The van der Waals surface area contributed by atoms with E-state index in [-0.39, 0.29) is 6.04 Å². The zero-order valence-electron chi connectivity index (χ0n) is 11.2. The van der Waals surface area contributed by atoms with E-state index in [4.69, 9.17) is 4.74 Å². The SMILES string of the molecule is CNC(c1ccc2c(c1)CCO2)c1cc2sccc2s1. The third kappa shape index (κ3) is 1.95. The van der Waals surface area contributed by atoms with Gasteiger partial charge in [0, 0.05) is 20.7 Å². The van der Waals surface area contributed by atoms with E-state index in [2.05, 4.69) is 41.0 Å². The highest BCUT2D eigenvalue weighted by Gasteiger charge is 2.19. The Labute approximate surface area is 126 Å². The molecule has 2 aromatic heterocycles. The van der Waals surface area contributed by atoms with Crippen molar-refractivity contribution in [1.82, 2.24) is 5.32 Å². The van der Waals surface area contributed by atoms with Crippen molar-refractivity contribution < 1.29 is 4.74 Å². The number of ether oxygens (including phenoxy) is 1. The molecule has 1 N–H and O–H groups in total. The molecule has 20 heavy (non-hydrogen) atoms. The van der Waals surface area contributed by atoms with Crippen LogP contribution in [-0.2, 0) is 6.42 Å². The lowest BCUT2D eigenvalue weighted by molar-refractivity contribution is 0.357. The van der Waals surface area contributed by atoms with Gasteiger partial charge in [0.2, 0.25) is 0 Å². The second-order valence-electron chi connectivity index (χ2n) is 4.99. The molecule has 4 rings (SSSR count). The quantitative estimate of drug-likeness (QED) is 0.782. The van der Waals surface area contributed by atoms with Gasteiger partial charge in [0.15, 0.2) is 0 Å². The van der Waals surface area contributed by atoms with Crippen LogP contribution in [0.2, 0.25) is 0 Å². The summed E-state index contributed by atoms with van der Waals surface area (Å²) < 4.78 is 8.36. The van der Waals surface area contributed by atoms with Gasteiger partial charge in [0.05, 0.1) is 12.6 Å². The molecule has 0 aliphatic carbocycles. The highest BCUT2D eigenvalue weighted by atomic mass is 32.1. The number of thiophene rings is 2. The van der Waals surface area contributed by atoms with Gasteiger partial charge in [0.1, 0.15) is 5.75 Å². The molecule has 1 atom stereocenters. The summed E-state index contributed by atoms with van der Waals surface area (Å²) >= 11 is 3.70. The second kappa shape index (κ2) is 4.88. The molecule has 1 aliphatic rings. The maximum Gasteiger partial charge on any atom is 0.122 e. The minimum Gasteiger partial charge on any atom is -0.493 e. The Bertz CT molecular complexity index is 730. The summed E-state index contributed by atoms with van der Waals surface area (Å²) in [7, 11) is 2.03. The lowest BCUT2D eigenvalue weighted by atomic mass is 10.0. The van der Waals surface area contributed by atoms with Gasteiger partial charge >= 0.3 is 0 Å². The first-order valence-corrected chi connectivity index (χ1v) is 8.44. The van der Waals surface area contributed by atoms with Gasteiger partial charge in [0.25, 0.3) is 0 Å². The molecular weight excluding hydrogens is 286 g/mol. The molecule has 0 saturated carbocycles. The van der Waals surface area contributed by atoms with E-state index < -0.39 is 0 Å². The molecule has 0 radical (unpaired) electrons.